The van der Waals surface area contributed by atoms with Gasteiger partial charge in [-0.15, -0.1) is 0 Å². The van der Waals surface area contributed by atoms with Gasteiger partial charge in [-0.3, -0.25) is 0 Å². The molecule has 2 aliphatic carbocycles. The number of fused-ring (bicyclic) bond motifs is 2. The van der Waals surface area contributed by atoms with Gasteiger partial charge in [0.2, 0.25) is 0 Å². The summed E-state index contributed by atoms with van der Waals surface area (Å²) >= 11 is 0. The Hall–Kier alpha value is 0. The van der Waals surface area contributed by atoms with E-state index in [0.29, 0.717) is 0 Å². The van der Waals surface area contributed by atoms with E-state index in [9.17, 15) is 0 Å². The molecule has 1 unspecified atom stereocenters. The minimum atomic E-state index is 0.953. The molecule has 1 radical (unpaired) electrons. The molecular weight excluding hydrogens is 96.1 g/mol. The van der Waals surface area contributed by atoms with Crippen LogP contribution < -0.4 is 0 Å². The first-order valence-electron chi connectivity index (χ1n) is 3.71. The quantitative estimate of drug-likeness (QED) is 0.447. The third-order valence-electron chi connectivity index (χ3n) is 2.83. The first-order chi connectivity index (χ1) is 3.86. The van der Waals surface area contributed by atoms with Gasteiger partial charge in [0.05, 0.1) is 0 Å². The van der Waals surface area contributed by atoms with Crippen molar-refractivity contribution in [3.05, 3.63) is 6.42 Å². The highest BCUT2D eigenvalue weighted by Gasteiger charge is 2.36. The van der Waals surface area contributed by atoms with E-state index in [2.05, 4.69) is 13.3 Å². The number of hydrogen-bond acceptors (Lipinski definition) is 0. The second-order valence-corrected chi connectivity index (χ2v) is 3.38. The first-order valence-corrected chi connectivity index (χ1v) is 3.71. The lowest BCUT2D eigenvalue weighted by Gasteiger charge is -2.15. The van der Waals surface area contributed by atoms with Crippen molar-refractivity contribution in [1.29, 1.82) is 0 Å². The summed E-state index contributed by atoms with van der Waals surface area (Å²) in [6.45, 7) is 2.36. The van der Waals surface area contributed by atoms with Crippen LogP contribution in [0.2, 0.25) is 0 Å². The van der Waals surface area contributed by atoms with Crippen LogP contribution in [0.25, 0.3) is 0 Å². The van der Waals surface area contributed by atoms with Crippen molar-refractivity contribution in [2.75, 3.05) is 0 Å². The van der Waals surface area contributed by atoms with E-state index in [-0.39, 0.29) is 0 Å². The molecule has 0 spiro atoms. The van der Waals surface area contributed by atoms with Crippen LogP contribution in [0.1, 0.15) is 26.2 Å². The van der Waals surface area contributed by atoms with Gasteiger partial charge in [-0.25, -0.2) is 0 Å². The minimum absolute atomic E-state index is 0.953. The SMILES string of the molecule is CC1[CH][C@H]2CC[C@@H]1C2. The molecule has 8 heavy (non-hydrogen) atoms. The van der Waals surface area contributed by atoms with E-state index in [0.717, 1.165) is 17.8 Å². The fraction of sp³-hybridized carbons (Fsp3) is 0.875. The molecule has 2 saturated carbocycles. The highest BCUT2D eigenvalue weighted by molar-refractivity contribution is 4.99. The van der Waals surface area contributed by atoms with Gasteiger partial charge in [0.1, 0.15) is 0 Å². The number of hydrogen-bond donors (Lipinski definition) is 0. The standard InChI is InChI=1S/C8H13/c1-6-4-7-2-3-8(6)5-7/h4,6-8H,2-3,5H2,1H3/t6?,7-,8-/m1/s1. The zero-order valence-electron chi connectivity index (χ0n) is 5.43. The smallest absolute Gasteiger partial charge is 0.0324 e. The maximum atomic E-state index is 2.55. The molecule has 0 aromatic carbocycles. The molecule has 0 saturated heterocycles. The van der Waals surface area contributed by atoms with Crippen LogP contribution in [0.4, 0.5) is 0 Å². The Bertz CT molecular complexity index is 94.2. The molecule has 2 fully saturated rings. The highest BCUT2D eigenvalue weighted by Crippen LogP contribution is 2.47. The molecule has 3 atom stereocenters. The van der Waals surface area contributed by atoms with Crippen molar-refractivity contribution in [3.63, 3.8) is 0 Å². The Morgan fingerprint density at radius 2 is 2.25 bits per heavy atom. The molecule has 2 bridgehead atoms. The van der Waals surface area contributed by atoms with Crippen molar-refractivity contribution in [3.8, 4) is 0 Å². The van der Waals surface area contributed by atoms with Gasteiger partial charge in [-0.2, -0.15) is 0 Å². The van der Waals surface area contributed by atoms with Crippen LogP contribution >= 0.6 is 0 Å². The molecule has 0 nitrogen and oxygen atoms in total. The van der Waals surface area contributed by atoms with Gasteiger partial charge < -0.3 is 0 Å². The maximum Gasteiger partial charge on any atom is -0.0324 e. The molecule has 0 amide bonds. The summed E-state index contributed by atoms with van der Waals surface area (Å²) in [4.78, 5) is 0. The zero-order valence-corrected chi connectivity index (χ0v) is 5.43. The van der Waals surface area contributed by atoms with Crippen molar-refractivity contribution in [2.45, 2.75) is 26.2 Å². The van der Waals surface area contributed by atoms with E-state index in [1.165, 1.54) is 19.3 Å². The highest BCUT2D eigenvalue weighted by atomic mass is 14.4. The van der Waals surface area contributed by atoms with Crippen molar-refractivity contribution in [1.82, 2.24) is 0 Å². The van der Waals surface area contributed by atoms with Crippen molar-refractivity contribution in [2.24, 2.45) is 17.8 Å². The van der Waals surface area contributed by atoms with Crippen LogP contribution in [0.3, 0.4) is 0 Å². The van der Waals surface area contributed by atoms with Gasteiger partial charge in [0.25, 0.3) is 0 Å². The summed E-state index contributed by atoms with van der Waals surface area (Å²) in [6.07, 6.45) is 7.08. The third kappa shape index (κ3) is 0.519. The third-order valence-corrected chi connectivity index (χ3v) is 2.83. The van der Waals surface area contributed by atoms with Crippen LogP contribution in [0, 0.1) is 24.2 Å². The second-order valence-electron chi connectivity index (χ2n) is 3.38. The molecule has 0 aromatic rings. The summed E-state index contributed by atoms with van der Waals surface area (Å²) in [7, 11) is 0. The zero-order chi connectivity index (χ0) is 5.56. The molecular formula is C8H13. The molecule has 45 valence electrons. The normalized spacial score (nSPS) is 52.9. The maximum absolute atomic E-state index is 2.55. The lowest BCUT2D eigenvalue weighted by molar-refractivity contribution is 0.430. The molecule has 0 heterocycles. The van der Waals surface area contributed by atoms with Crippen LogP contribution in [0.5, 0.6) is 0 Å². The molecule has 0 heteroatoms. The molecule has 2 aliphatic rings. The van der Waals surface area contributed by atoms with Crippen molar-refractivity contribution >= 4 is 0 Å². The first kappa shape index (κ1) is 4.84. The van der Waals surface area contributed by atoms with E-state index >= 15 is 0 Å². The van der Waals surface area contributed by atoms with Gasteiger partial charge >= 0.3 is 0 Å². The average molecular weight is 109 g/mol. The lowest BCUT2D eigenvalue weighted by atomic mass is 9.91. The van der Waals surface area contributed by atoms with Gasteiger partial charge in [0.15, 0.2) is 0 Å². The van der Waals surface area contributed by atoms with E-state index < -0.39 is 0 Å². The second kappa shape index (κ2) is 1.49. The summed E-state index contributed by atoms with van der Waals surface area (Å²) in [6, 6.07) is 0. The molecule has 0 N–H and O–H groups in total. The fourth-order valence-electron chi connectivity index (χ4n) is 2.29. The molecule has 0 aliphatic heterocycles. The van der Waals surface area contributed by atoms with Crippen LogP contribution in [-0.4, -0.2) is 0 Å². The van der Waals surface area contributed by atoms with Crippen LogP contribution in [-0.2, 0) is 0 Å². The number of rotatable bonds is 0. The monoisotopic (exact) mass is 109 g/mol. The summed E-state index contributed by atoms with van der Waals surface area (Å²) in [5.41, 5.74) is 0. The Morgan fingerprint density at radius 3 is 2.50 bits per heavy atom. The topological polar surface area (TPSA) is 0 Å². The van der Waals surface area contributed by atoms with Gasteiger partial charge in [0, 0.05) is 0 Å². The molecule has 2 rings (SSSR count). The largest absolute Gasteiger partial charge is 0.0620 e. The average Bonchev–Trinajstić information content (AvgIpc) is 2.23. The Balaban J connectivity index is 2.11. The van der Waals surface area contributed by atoms with E-state index in [1.54, 1.807) is 0 Å². The summed E-state index contributed by atoms with van der Waals surface area (Å²) in [5.74, 6) is 3.06. The van der Waals surface area contributed by atoms with E-state index in [1.807, 2.05) is 0 Å². The van der Waals surface area contributed by atoms with Crippen LogP contribution in [0.15, 0.2) is 0 Å². The molecule has 0 aromatic heterocycles. The summed E-state index contributed by atoms with van der Waals surface area (Å²) < 4.78 is 0. The van der Waals surface area contributed by atoms with Gasteiger partial charge in [-0.05, 0) is 43.4 Å². The Labute approximate surface area is 51.3 Å². The fourth-order valence-corrected chi connectivity index (χ4v) is 2.29. The Morgan fingerprint density at radius 1 is 1.38 bits per heavy atom. The van der Waals surface area contributed by atoms with Crippen molar-refractivity contribution < 1.29 is 0 Å². The summed E-state index contributed by atoms with van der Waals surface area (Å²) in [5, 5.41) is 0. The minimum Gasteiger partial charge on any atom is -0.0620 e. The Kier molecular flexibility index (Phi) is 0.902. The lowest BCUT2D eigenvalue weighted by Crippen LogP contribution is -2.05. The van der Waals surface area contributed by atoms with Gasteiger partial charge in [-0.1, -0.05) is 6.92 Å². The van der Waals surface area contributed by atoms with E-state index in [4.69, 9.17) is 0 Å². The predicted molar refractivity (Wildman–Crippen MR) is 34.3 cm³/mol. The predicted octanol–water partition coefficient (Wildman–Crippen LogP) is 2.26.